The molecule has 36 heavy (non-hydrogen) atoms. The number of amides is 1. The Kier molecular flexibility index (Phi) is 6.40. The molecule has 2 aromatic heterocycles. The number of hydrogen-bond acceptors (Lipinski definition) is 5. The maximum absolute atomic E-state index is 13.5. The third kappa shape index (κ3) is 4.65. The molecule has 1 unspecified atom stereocenters. The van der Waals surface area contributed by atoms with Gasteiger partial charge in [-0.3, -0.25) is 14.2 Å². The lowest BCUT2D eigenvalue weighted by Crippen LogP contribution is -2.31. The standard InChI is InChI=1S/C29H25N3O3S/c1-18-9-14-24(19(2)15-18)25-16-36-28-26(25)29(34)32(17-30-28)20(3)27(33)31-21-10-12-23(13-11-21)35-22-7-5-4-6-8-22/h4-17,20H,1-3H3,(H,31,33). The maximum Gasteiger partial charge on any atom is 0.263 e. The lowest BCUT2D eigenvalue weighted by Gasteiger charge is -2.15. The second-order valence-corrected chi connectivity index (χ2v) is 9.57. The first-order valence-electron chi connectivity index (χ1n) is 11.6. The lowest BCUT2D eigenvalue weighted by molar-refractivity contribution is -0.118. The van der Waals surface area contributed by atoms with E-state index in [1.807, 2.05) is 61.7 Å². The molecule has 0 radical (unpaired) electrons. The van der Waals surface area contributed by atoms with Gasteiger partial charge in [-0.1, -0.05) is 42.0 Å². The summed E-state index contributed by atoms with van der Waals surface area (Å²) in [6.45, 7) is 5.77. The van der Waals surface area contributed by atoms with Crippen molar-refractivity contribution in [1.82, 2.24) is 9.55 Å². The minimum atomic E-state index is -0.749. The molecule has 0 aliphatic carbocycles. The molecule has 0 aliphatic heterocycles. The van der Waals surface area contributed by atoms with E-state index >= 15 is 0 Å². The minimum Gasteiger partial charge on any atom is -0.457 e. The summed E-state index contributed by atoms with van der Waals surface area (Å²) >= 11 is 1.43. The van der Waals surface area contributed by atoms with E-state index < -0.39 is 6.04 Å². The third-order valence-electron chi connectivity index (χ3n) is 6.09. The fraction of sp³-hybridized carbons (Fsp3) is 0.138. The fourth-order valence-electron chi connectivity index (χ4n) is 4.14. The molecule has 3 aromatic carbocycles. The summed E-state index contributed by atoms with van der Waals surface area (Å²) in [5.74, 6) is 1.09. The highest BCUT2D eigenvalue weighted by Gasteiger charge is 2.21. The molecule has 2 heterocycles. The van der Waals surface area contributed by atoms with Crippen molar-refractivity contribution in [1.29, 1.82) is 0 Å². The molecule has 0 spiro atoms. The van der Waals surface area contributed by atoms with E-state index in [0.717, 1.165) is 28.0 Å². The van der Waals surface area contributed by atoms with E-state index in [0.29, 0.717) is 21.7 Å². The third-order valence-corrected chi connectivity index (χ3v) is 6.98. The van der Waals surface area contributed by atoms with E-state index in [4.69, 9.17) is 4.74 Å². The Morgan fingerprint density at radius 2 is 1.69 bits per heavy atom. The van der Waals surface area contributed by atoms with Crippen LogP contribution in [0.5, 0.6) is 11.5 Å². The predicted molar refractivity (Wildman–Crippen MR) is 145 cm³/mol. The molecule has 5 rings (SSSR count). The van der Waals surface area contributed by atoms with Crippen LogP contribution in [0.4, 0.5) is 5.69 Å². The van der Waals surface area contributed by atoms with E-state index in [1.54, 1.807) is 31.2 Å². The zero-order chi connectivity index (χ0) is 25.2. The highest BCUT2D eigenvalue weighted by molar-refractivity contribution is 7.17. The Hall–Kier alpha value is -4.23. The summed E-state index contributed by atoms with van der Waals surface area (Å²) in [5, 5.41) is 5.38. The number of benzene rings is 3. The van der Waals surface area contributed by atoms with E-state index in [1.165, 1.54) is 22.2 Å². The van der Waals surface area contributed by atoms with Crippen LogP contribution in [0.15, 0.2) is 89.3 Å². The van der Waals surface area contributed by atoms with Crippen molar-refractivity contribution in [2.24, 2.45) is 0 Å². The molecule has 6 nitrogen and oxygen atoms in total. The van der Waals surface area contributed by atoms with Gasteiger partial charge in [-0.05, 0) is 68.3 Å². The summed E-state index contributed by atoms with van der Waals surface area (Å²) in [5.41, 5.74) is 4.48. The number of ether oxygens (including phenoxy) is 1. The largest absolute Gasteiger partial charge is 0.457 e. The normalized spacial score (nSPS) is 11.9. The zero-order valence-corrected chi connectivity index (χ0v) is 21.0. The SMILES string of the molecule is Cc1ccc(-c2csc3ncn(C(C)C(=O)Nc4ccc(Oc5ccccc5)cc4)c(=O)c23)c(C)c1. The van der Waals surface area contributed by atoms with Crippen LogP contribution in [0, 0.1) is 13.8 Å². The average molecular weight is 496 g/mol. The van der Waals surface area contributed by atoms with Crippen molar-refractivity contribution in [3.63, 3.8) is 0 Å². The Morgan fingerprint density at radius 1 is 0.972 bits per heavy atom. The van der Waals surface area contributed by atoms with Crippen molar-refractivity contribution in [3.8, 4) is 22.6 Å². The van der Waals surface area contributed by atoms with Crippen molar-refractivity contribution in [2.75, 3.05) is 5.32 Å². The maximum atomic E-state index is 13.5. The number of aromatic nitrogens is 2. The number of nitrogens with one attached hydrogen (secondary N) is 1. The van der Waals surface area contributed by atoms with E-state index in [-0.39, 0.29) is 11.5 Å². The van der Waals surface area contributed by atoms with Gasteiger partial charge in [0.2, 0.25) is 5.91 Å². The van der Waals surface area contributed by atoms with E-state index in [2.05, 4.69) is 16.4 Å². The molecule has 0 saturated heterocycles. The van der Waals surface area contributed by atoms with Crippen LogP contribution < -0.4 is 15.6 Å². The van der Waals surface area contributed by atoms with Crippen LogP contribution >= 0.6 is 11.3 Å². The first kappa shape index (κ1) is 23.5. The summed E-state index contributed by atoms with van der Waals surface area (Å²) in [6.07, 6.45) is 1.45. The van der Waals surface area contributed by atoms with Crippen LogP contribution in [-0.2, 0) is 4.79 Å². The van der Waals surface area contributed by atoms with Gasteiger partial charge in [0.15, 0.2) is 0 Å². The van der Waals surface area contributed by atoms with Gasteiger partial charge in [0.1, 0.15) is 22.4 Å². The average Bonchev–Trinajstić information content (AvgIpc) is 3.30. The van der Waals surface area contributed by atoms with Crippen molar-refractivity contribution >= 4 is 33.1 Å². The number of anilines is 1. The Balaban J connectivity index is 1.38. The molecule has 1 atom stereocenters. The van der Waals surface area contributed by atoms with E-state index in [9.17, 15) is 9.59 Å². The summed E-state index contributed by atoms with van der Waals surface area (Å²) in [4.78, 5) is 31.7. The highest BCUT2D eigenvalue weighted by atomic mass is 32.1. The molecule has 0 bridgehead atoms. The first-order valence-corrected chi connectivity index (χ1v) is 12.5. The molecule has 1 amide bonds. The van der Waals surface area contributed by atoms with Crippen LogP contribution in [0.1, 0.15) is 24.1 Å². The van der Waals surface area contributed by atoms with Gasteiger partial charge in [0.05, 0.1) is 11.7 Å². The van der Waals surface area contributed by atoms with Crippen LogP contribution in [0.3, 0.4) is 0 Å². The van der Waals surface area contributed by atoms with Gasteiger partial charge in [0, 0.05) is 16.6 Å². The number of carbonyl (C=O) groups is 1. The molecule has 5 aromatic rings. The van der Waals surface area contributed by atoms with Crippen molar-refractivity contribution in [2.45, 2.75) is 26.8 Å². The topological polar surface area (TPSA) is 73.2 Å². The number of thiophene rings is 1. The van der Waals surface area contributed by atoms with Crippen LogP contribution in [-0.4, -0.2) is 15.5 Å². The van der Waals surface area contributed by atoms with Crippen LogP contribution in [0.25, 0.3) is 21.3 Å². The van der Waals surface area contributed by atoms with Gasteiger partial charge in [-0.25, -0.2) is 4.98 Å². The molecular formula is C29H25N3O3S. The Morgan fingerprint density at radius 3 is 2.42 bits per heavy atom. The number of aryl methyl sites for hydroxylation is 2. The van der Waals surface area contributed by atoms with Crippen molar-refractivity contribution in [3.05, 3.63) is 106 Å². The number of nitrogens with zero attached hydrogens (tertiary/aromatic N) is 2. The molecule has 7 heteroatoms. The predicted octanol–water partition coefficient (Wildman–Crippen LogP) is 6.73. The number of rotatable bonds is 6. The Labute approximate surface area is 212 Å². The molecule has 0 saturated carbocycles. The van der Waals surface area contributed by atoms with Gasteiger partial charge in [-0.15, -0.1) is 11.3 Å². The molecule has 1 N–H and O–H groups in total. The molecule has 0 aliphatic rings. The second kappa shape index (κ2) is 9.79. The first-order chi connectivity index (χ1) is 17.4. The number of fused-ring (bicyclic) bond motifs is 1. The number of para-hydroxylation sites is 1. The van der Waals surface area contributed by atoms with Crippen molar-refractivity contribution < 1.29 is 9.53 Å². The molecule has 180 valence electrons. The molecular weight excluding hydrogens is 470 g/mol. The highest BCUT2D eigenvalue weighted by Crippen LogP contribution is 2.33. The van der Waals surface area contributed by atoms with Gasteiger partial charge < -0.3 is 10.1 Å². The number of hydrogen-bond donors (Lipinski definition) is 1. The zero-order valence-electron chi connectivity index (χ0n) is 20.2. The smallest absolute Gasteiger partial charge is 0.263 e. The van der Waals surface area contributed by atoms with Gasteiger partial charge in [-0.2, -0.15) is 0 Å². The van der Waals surface area contributed by atoms with Crippen LogP contribution in [0.2, 0.25) is 0 Å². The molecule has 0 fully saturated rings. The monoisotopic (exact) mass is 495 g/mol. The minimum absolute atomic E-state index is 0.231. The second-order valence-electron chi connectivity index (χ2n) is 8.71. The van der Waals surface area contributed by atoms with Gasteiger partial charge in [0.25, 0.3) is 5.56 Å². The fourth-order valence-corrected chi connectivity index (χ4v) is 5.04. The quantitative estimate of drug-likeness (QED) is 0.283. The summed E-state index contributed by atoms with van der Waals surface area (Å²) in [7, 11) is 0. The van der Waals surface area contributed by atoms with Gasteiger partial charge >= 0.3 is 0 Å². The summed E-state index contributed by atoms with van der Waals surface area (Å²) < 4.78 is 7.19. The summed E-state index contributed by atoms with van der Waals surface area (Å²) in [6, 6.07) is 22.0. The number of carbonyl (C=O) groups excluding carboxylic acids is 1. The lowest BCUT2D eigenvalue weighted by atomic mass is 9.99. The Bertz CT molecular complexity index is 1610.